The second-order valence-electron chi connectivity index (χ2n) is 22.4. The van der Waals surface area contributed by atoms with Gasteiger partial charge < -0.3 is 13.7 Å². The predicted octanol–water partition coefficient (Wildman–Crippen LogP) is 11.8. The first-order valence-electron chi connectivity index (χ1n) is 28.5. The fourth-order valence-corrected chi connectivity index (χ4v) is 14.6. The lowest BCUT2D eigenvalue weighted by molar-refractivity contribution is 1.18. The molecule has 0 amide bonds. The van der Waals surface area contributed by atoms with Crippen LogP contribution in [0.1, 0.15) is 16.7 Å². The van der Waals surface area contributed by atoms with E-state index in [0.29, 0.717) is 0 Å². The zero-order valence-electron chi connectivity index (χ0n) is 45.6. The molecule has 3 aliphatic heterocycles. The van der Waals surface area contributed by atoms with Gasteiger partial charge in [0.1, 0.15) is 0 Å². The number of fused-ring (bicyclic) bond motifs is 15. The first kappa shape index (κ1) is 47.3. The molecule has 0 fully saturated rings. The Balaban J connectivity index is 0.000000100. The molecule has 18 rings (SSSR count). The van der Waals surface area contributed by atoms with E-state index in [4.69, 9.17) is 0 Å². The van der Waals surface area contributed by atoms with Crippen molar-refractivity contribution in [3.05, 3.63) is 290 Å². The third kappa shape index (κ3) is 7.12. The highest BCUT2D eigenvalue weighted by Crippen LogP contribution is 2.37. The number of para-hydroxylation sites is 7. The van der Waals surface area contributed by atoms with E-state index in [9.17, 15) is 0 Å². The van der Waals surface area contributed by atoms with Crippen molar-refractivity contribution in [2.45, 2.75) is 20.8 Å². The van der Waals surface area contributed by atoms with Crippen LogP contribution in [0.25, 0.3) is 82.5 Å². The monoisotopic (exact) mass is 1030 g/mol. The Hall–Kier alpha value is -9.77. The molecule has 0 bridgehead atoms. The van der Waals surface area contributed by atoms with Crippen molar-refractivity contribution in [2.24, 2.45) is 0 Å². The van der Waals surface area contributed by atoms with Gasteiger partial charge in [0.2, 0.25) is 20.1 Å². The van der Waals surface area contributed by atoms with Crippen LogP contribution >= 0.6 is 0 Å². The van der Waals surface area contributed by atoms with Crippen LogP contribution in [-0.4, -0.2) is 33.8 Å². The van der Waals surface area contributed by atoms with Gasteiger partial charge in [-0.2, -0.15) is 0 Å². The van der Waals surface area contributed by atoms with Crippen molar-refractivity contribution in [1.29, 1.82) is 0 Å². The molecule has 6 heteroatoms. The van der Waals surface area contributed by atoms with Crippen molar-refractivity contribution in [3.8, 4) is 17.1 Å². The summed E-state index contributed by atoms with van der Waals surface area (Å²) < 4.78 is 7.44. The number of hydrogen-bond donors (Lipinski definition) is 0. The molecule has 6 heterocycles. The summed E-state index contributed by atoms with van der Waals surface area (Å²) >= 11 is 0. The molecule has 12 aromatic carbocycles. The second kappa shape index (κ2) is 18.7. The maximum Gasteiger partial charge on any atom is 0.246 e. The van der Waals surface area contributed by atoms with Crippen molar-refractivity contribution < 1.29 is 0 Å². The Labute approximate surface area is 473 Å². The Morgan fingerprint density at radius 3 is 1.22 bits per heavy atom. The average molecular weight is 1030 g/mol. The first-order valence-corrected chi connectivity index (χ1v) is 28.5. The van der Waals surface area contributed by atoms with Crippen molar-refractivity contribution in [1.82, 2.24) is 13.7 Å². The van der Waals surface area contributed by atoms with Gasteiger partial charge in [-0.25, -0.2) is 0 Å². The molecule has 0 N–H and O–H groups in total. The molecular weight excluding hydrogens is 975 g/mol. The zero-order valence-corrected chi connectivity index (χ0v) is 45.6. The number of aryl methyl sites for hydroxylation is 3. The van der Waals surface area contributed by atoms with Gasteiger partial charge in [0, 0.05) is 65.9 Å². The number of nitrogens with zero attached hydrogens (tertiary/aromatic N) is 3. The van der Waals surface area contributed by atoms with Crippen LogP contribution in [0, 0.1) is 20.8 Å². The summed E-state index contributed by atoms with van der Waals surface area (Å²) in [5.41, 5.74) is 28.3. The van der Waals surface area contributed by atoms with Gasteiger partial charge in [0.05, 0.1) is 16.6 Å². The highest BCUT2D eigenvalue weighted by molar-refractivity contribution is 6.99. The number of aromatic nitrogens is 3. The quantitative estimate of drug-likeness (QED) is 0.157. The molecule has 0 atom stereocenters. The van der Waals surface area contributed by atoms with Crippen LogP contribution in [-0.2, 0) is 0 Å². The normalized spacial score (nSPS) is 12.6. The minimum Gasteiger partial charge on any atom is -0.310 e. The van der Waals surface area contributed by atoms with Gasteiger partial charge in [-0.1, -0.05) is 259 Å². The lowest BCUT2D eigenvalue weighted by atomic mass is 9.35. The molecule has 0 saturated heterocycles. The van der Waals surface area contributed by atoms with Gasteiger partial charge in [-0.05, 0) is 101 Å². The molecule has 15 aromatic rings. The van der Waals surface area contributed by atoms with Crippen molar-refractivity contribution >= 4 is 135 Å². The summed E-state index contributed by atoms with van der Waals surface area (Å²) in [5, 5.41) is 8.10. The van der Waals surface area contributed by atoms with E-state index >= 15 is 0 Å². The molecule has 0 radical (unpaired) electrons. The van der Waals surface area contributed by atoms with Gasteiger partial charge in [0.25, 0.3) is 0 Å². The van der Waals surface area contributed by atoms with Gasteiger partial charge in [-0.15, -0.1) is 0 Å². The molecule has 3 aliphatic rings. The maximum atomic E-state index is 2.49. The minimum atomic E-state index is 0.266. The Morgan fingerprint density at radius 1 is 0.247 bits per heavy atom. The van der Waals surface area contributed by atoms with Crippen LogP contribution in [0.3, 0.4) is 0 Å². The van der Waals surface area contributed by atoms with Crippen LogP contribution in [0.5, 0.6) is 0 Å². The topological polar surface area (TPSA) is 14.8 Å². The van der Waals surface area contributed by atoms with E-state index < -0.39 is 0 Å². The van der Waals surface area contributed by atoms with E-state index in [1.807, 2.05) is 0 Å². The lowest BCUT2D eigenvalue weighted by Crippen LogP contribution is -2.55. The number of hydrogen-bond acceptors (Lipinski definition) is 0. The molecule has 378 valence electrons. The smallest absolute Gasteiger partial charge is 0.246 e. The summed E-state index contributed by atoms with van der Waals surface area (Å²) in [6, 6.07) is 99.8. The predicted molar refractivity (Wildman–Crippen MR) is 350 cm³/mol. The minimum absolute atomic E-state index is 0.266. The summed E-state index contributed by atoms with van der Waals surface area (Å²) in [4.78, 5) is 0. The third-order valence-electron chi connectivity index (χ3n) is 17.9. The second-order valence-corrected chi connectivity index (χ2v) is 22.4. The fourth-order valence-electron chi connectivity index (χ4n) is 14.6. The van der Waals surface area contributed by atoms with E-state index in [2.05, 4.69) is 307 Å². The van der Waals surface area contributed by atoms with E-state index in [0.717, 1.165) is 0 Å². The van der Waals surface area contributed by atoms with E-state index in [1.165, 1.54) is 148 Å². The largest absolute Gasteiger partial charge is 0.310 e. The maximum absolute atomic E-state index is 2.49. The highest BCUT2D eigenvalue weighted by Gasteiger charge is 2.36. The summed E-state index contributed by atoms with van der Waals surface area (Å²) in [6.07, 6.45) is 0. The molecule has 0 spiro atoms. The Bertz CT molecular complexity index is 4960. The number of rotatable bonds is 3. The molecule has 3 nitrogen and oxygen atoms in total. The van der Waals surface area contributed by atoms with Gasteiger partial charge >= 0.3 is 0 Å². The molecule has 81 heavy (non-hydrogen) atoms. The zero-order chi connectivity index (χ0) is 53.9. The summed E-state index contributed by atoms with van der Waals surface area (Å²) in [7, 11) is 0. The van der Waals surface area contributed by atoms with Gasteiger partial charge in [-0.3, -0.25) is 0 Å². The fraction of sp³-hybridized carbons (Fsp3) is 0.0400. The molecule has 0 aliphatic carbocycles. The molecule has 3 aromatic heterocycles. The highest BCUT2D eigenvalue weighted by atomic mass is 15.0. The molecule has 0 saturated carbocycles. The van der Waals surface area contributed by atoms with Crippen LogP contribution < -0.4 is 49.2 Å². The van der Waals surface area contributed by atoms with E-state index in [-0.39, 0.29) is 20.1 Å². The van der Waals surface area contributed by atoms with E-state index in [1.54, 1.807) is 0 Å². The Kier molecular flexibility index (Phi) is 10.9. The summed E-state index contributed by atoms with van der Waals surface area (Å²) in [6.45, 7) is 7.42. The van der Waals surface area contributed by atoms with Crippen LogP contribution in [0.2, 0.25) is 0 Å². The molecule has 0 unspecified atom stereocenters. The van der Waals surface area contributed by atoms with Crippen LogP contribution in [0.15, 0.2) is 273 Å². The van der Waals surface area contributed by atoms with Gasteiger partial charge in [0.15, 0.2) is 0 Å². The summed E-state index contributed by atoms with van der Waals surface area (Å²) in [5.74, 6) is 0. The molecular formula is C75H54B3N3. The van der Waals surface area contributed by atoms with Crippen molar-refractivity contribution in [2.75, 3.05) is 0 Å². The first-order chi connectivity index (χ1) is 40.0. The van der Waals surface area contributed by atoms with Crippen LogP contribution in [0.4, 0.5) is 0 Å². The Morgan fingerprint density at radius 2 is 0.654 bits per heavy atom. The number of benzene rings is 12. The average Bonchev–Trinajstić information content (AvgIpc) is 3.75. The SMILES string of the molecule is Cc1ccc2c3c1c1ccccc1n3-c1ccccc1B2c1ccccc1.Cc1ccc2c3cccc4c3n(c2c1)-c1ccccc1B4c1ccccc1.Cc1cccc2c3cccc4c3n(c12)-c1ccccc1B4c1ccccc1. The standard InChI is InChI=1S/3C25H18BN/c1-17-15-16-21-25-24(17)19-11-5-7-13-22(19)27(25)23-14-8-6-12-20(23)26(21)18-9-3-2-4-10-18;1-17-9-7-12-19-20-13-8-15-22-25(20)27(24(17)19)23-16-6-5-14-21(23)26(22)18-10-3-2-4-11-18;1-17-14-15-19-20-10-7-12-22-25(20)27(24(19)16-17)23-13-6-5-11-21(23)26(22)18-8-3-2-4-9-18/h3*2-16H,1H3. The lowest BCUT2D eigenvalue weighted by Gasteiger charge is -2.27. The third-order valence-corrected chi connectivity index (χ3v) is 17.9. The van der Waals surface area contributed by atoms with Crippen molar-refractivity contribution in [3.63, 3.8) is 0 Å².